The monoisotopic (exact) mass is 185 g/mol. The molecule has 0 unspecified atom stereocenters. The van der Waals surface area contributed by atoms with Crippen LogP contribution >= 0.6 is 11.6 Å². The molecule has 66 valence electrons. The van der Waals surface area contributed by atoms with Crippen molar-refractivity contribution in [1.82, 2.24) is 5.32 Å². The molecule has 0 fully saturated rings. The molecule has 0 rings (SSSR count). The Kier molecular flexibility index (Phi) is 6.11. The molecule has 0 aromatic heterocycles. The summed E-state index contributed by atoms with van der Waals surface area (Å²) in [5, 5.41) is 2.65. The van der Waals surface area contributed by atoms with Crippen LogP contribution in [0.4, 0.5) is 0 Å². The molecule has 0 heterocycles. The van der Waals surface area contributed by atoms with Gasteiger partial charge in [-0.15, -0.1) is 0 Å². The molecule has 2 nitrogen and oxygen atoms in total. The SMILES string of the molecule is C\C=C(/C=C\C=C\Cl)NC(C)=O. The molecule has 0 aromatic carbocycles. The molecule has 0 spiro atoms. The molecule has 0 aliphatic carbocycles. The molecule has 0 aromatic rings. The molecule has 0 aliphatic heterocycles. The van der Waals surface area contributed by atoms with E-state index in [0.29, 0.717) is 0 Å². The van der Waals surface area contributed by atoms with Gasteiger partial charge in [0.25, 0.3) is 0 Å². The fraction of sp³-hybridized carbons (Fsp3) is 0.222. The second-order valence-corrected chi connectivity index (χ2v) is 2.35. The first-order valence-corrected chi connectivity index (χ1v) is 4.01. The minimum atomic E-state index is -0.0809. The minimum absolute atomic E-state index is 0.0809. The van der Waals surface area contributed by atoms with E-state index in [2.05, 4.69) is 5.32 Å². The molecular formula is C9H12ClNO. The van der Waals surface area contributed by atoms with Gasteiger partial charge in [0.15, 0.2) is 0 Å². The Hall–Kier alpha value is -1.02. The van der Waals surface area contributed by atoms with E-state index in [1.807, 2.05) is 6.92 Å². The number of allylic oxidation sites excluding steroid dienone is 4. The van der Waals surface area contributed by atoms with E-state index in [0.717, 1.165) is 5.70 Å². The number of halogens is 1. The van der Waals surface area contributed by atoms with Crippen molar-refractivity contribution in [3.8, 4) is 0 Å². The average Bonchev–Trinajstić information content (AvgIpc) is 2.02. The van der Waals surface area contributed by atoms with Gasteiger partial charge in [-0.3, -0.25) is 4.79 Å². The van der Waals surface area contributed by atoms with Crippen LogP contribution in [0.15, 0.2) is 35.5 Å². The van der Waals surface area contributed by atoms with E-state index >= 15 is 0 Å². The molecule has 12 heavy (non-hydrogen) atoms. The smallest absolute Gasteiger partial charge is 0.221 e. The number of hydrogen-bond donors (Lipinski definition) is 1. The van der Waals surface area contributed by atoms with Gasteiger partial charge in [-0.05, 0) is 13.0 Å². The van der Waals surface area contributed by atoms with Crippen LogP contribution in [0.2, 0.25) is 0 Å². The molecule has 0 saturated carbocycles. The van der Waals surface area contributed by atoms with Gasteiger partial charge in [-0.1, -0.05) is 29.8 Å². The van der Waals surface area contributed by atoms with Crippen molar-refractivity contribution in [3.05, 3.63) is 35.5 Å². The van der Waals surface area contributed by atoms with Crippen LogP contribution in [0.25, 0.3) is 0 Å². The summed E-state index contributed by atoms with van der Waals surface area (Å²) in [6.07, 6.45) is 6.99. The van der Waals surface area contributed by atoms with Crippen molar-refractivity contribution in [2.75, 3.05) is 0 Å². The first-order valence-electron chi connectivity index (χ1n) is 3.58. The van der Waals surface area contributed by atoms with E-state index < -0.39 is 0 Å². The summed E-state index contributed by atoms with van der Waals surface area (Å²) in [5.41, 5.74) is 2.16. The Morgan fingerprint density at radius 1 is 1.42 bits per heavy atom. The maximum atomic E-state index is 10.6. The summed E-state index contributed by atoms with van der Waals surface area (Å²) in [4.78, 5) is 10.6. The highest BCUT2D eigenvalue weighted by Gasteiger charge is 1.91. The van der Waals surface area contributed by atoms with Gasteiger partial charge in [0.1, 0.15) is 0 Å². The zero-order chi connectivity index (χ0) is 9.40. The summed E-state index contributed by atoms with van der Waals surface area (Å²) >= 11 is 5.30. The molecular weight excluding hydrogens is 174 g/mol. The number of hydrogen-bond acceptors (Lipinski definition) is 1. The molecule has 0 bridgehead atoms. The van der Waals surface area contributed by atoms with Gasteiger partial charge >= 0.3 is 0 Å². The van der Waals surface area contributed by atoms with E-state index in [-0.39, 0.29) is 5.91 Å². The van der Waals surface area contributed by atoms with Crippen LogP contribution in [0.5, 0.6) is 0 Å². The highest BCUT2D eigenvalue weighted by molar-refractivity contribution is 6.25. The van der Waals surface area contributed by atoms with Crippen LogP contribution < -0.4 is 5.32 Å². The molecule has 0 saturated heterocycles. The van der Waals surface area contributed by atoms with Crippen molar-refractivity contribution in [2.45, 2.75) is 13.8 Å². The molecule has 3 heteroatoms. The Labute approximate surface area is 77.6 Å². The van der Waals surface area contributed by atoms with E-state index in [1.54, 1.807) is 24.3 Å². The van der Waals surface area contributed by atoms with Gasteiger partial charge < -0.3 is 5.32 Å². The Bertz CT molecular complexity index is 229. The van der Waals surface area contributed by atoms with Crippen molar-refractivity contribution in [1.29, 1.82) is 0 Å². The van der Waals surface area contributed by atoms with Gasteiger partial charge in [-0.25, -0.2) is 0 Å². The zero-order valence-corrected chi connectivity index (χ0v) is 7.93. The predicted octanol–water partition coefficient (Wildman–Crippen LogP) is 2.33. The van der Waals surface area contributed by atoms with Gasteiger partial charge in [0.05, 0.1) is 0 Å². The van der Waals surface area contributed by atoms with Gasteiger partial charge in [0.2, 0.25) is 5.91 Å². The van der Waals surface area contributed by atoms with Crippen LogP contribution in [0.3, 0.4) is 0 Å². The number of carbonyl (C=O) groups excluding carboxylic acids is 1. The molecule has 0 aliphatic rings. The summed E-state index contributed by atoms with van der Waals surface area (Å²) in [6.45, 7) is 3.31. The lowest BCUT2D eigenvalue weighted by molar-refractivity contribution is -0.118. The third-order valence-corrected chi connectivity index (χ3v) is 1.24. The normalized spacial score (nSPS) is 12.8. The number of nitrogens with one attached hydrogen (secondary N) is 1. The Balaban J connectivity index is 4.10. The van der Waals surface area contributed by atoms with Gasteiger partial charge in [0, 0.05) is 18.2 Å². The van der Waals surface area contributed by atoms with Gasteiger partial charge in [-0.2, -0.15) is 0 Å². The van der Waals surface area contributed by atoms with E-state index in [1.165, 1.54) is 12.5 Å². The zero-order valence-electron chi connectivity index (χ0n) is 7.17. The lowest BCUT2D eigenvalue weighted by atomic mass is 10.3. The molecule has 1 N–H and O–H groups in total. The molecule has 0 atom stereocenters. The summed E-state index contributed by atoms with van der Waals surface area (Å²) in [6, 6.07) is 0. The fourth-order valence-electron chi connectivity index (χ4n) is 0.615. The second kappa shape index (κ2) is 6.68. The number of carbonyl (C=O) groups is 1. The standard InChI is InChI=1S/C9H12ClNO/c1-3-9(11-8(2)12)6-4-5-7-10/h3-7H,1-2H3,(H,11,12)/b6-4-,7-5+,9-3+. The predicted molar refractivity (Wildman–Crippen MR) is 51.7 cm³/mol. The average molecular weight is 186 g/mol. The number of amides is 1. The van der Waals surface area contributed by atoms with Crippen LogP contribution in [-0.4, -0.2) is 5.91 Å². The summed E-state index contributed by atoms with van der Waals surface area (Å²) in [7, 11) is 0. The highest BCUT2D eigenvalue weighted by Crippen LogP contribution is 1.92. The first-order chi connectivity index (χ1) is 5.70. The van der Waals surface area contributed by atoms with Crippen molar-refractivity contribution >= 4 is 17.5 Å². The third kappa shape index (κ3) is 5.74. The first kappa shape index (κ1) is 11.0. The van der Waals surface area contributed by atoms with Crippen molar-refractivity contribution in [3.63, 3.8) is 0 Å². The lowest BCUT2D eigenvalue weighted by Crippen LogP contribution is -2.17. The topological polar surface area (TPSA) is 29.1 Å². The van der Waals surface area contributed by atoms with Crippen molar-refractivity contribution in [2.24, 2.45) is 0 Å². The molecule has 0 radical (unpaired) electrons. The third-order valence-electron chi connectivity index (χ3n) is 1.09. The largest absolute Gasteiger partial charge is 0.327 e. The second-order valence-electron chi connectivity index (χ2n) is 2.10. The quantitative estimate of drug-likeness (QED) is 0.672. The Morgan fingerprint density at radius 3 is 2.50 bits per heavy atom. The Morgan fingerprint density at radius 2 is 2.08 bits per heavy atom. The number of rotatable bonds is 3. The fourth-order valence-corrected chi connectivity index (χ4v) is 0.699. The van der Waals surface area contributed by atoms with Crippen molar-refractivity contribution < 1.29 is 4.79 Å². The van der Waals surface area contributed by atoms with E-state index in [9.17, 15) is 4.79 Å². The maximum Gasteiger partial charge on any atom is 0.221 e. The summed E-state index contributed by atoms with van der Waals surface area (Å²) < 4.78 is 0. The van der Waals surface area contributed by atoms with E-state index in [4.69, 9.17) is 11.6 Å². The van der Waals surface area contributed by atoms with Crippen LogP contribution in [0, 0.1) is 0 Å². The molecule has 1 amide bonds. The maximum absolute atomic E-state index is 10.6. The highest BCUT2D eigenvalue weighted by atomic mass is 35.5. The minimum Gasteiger partial charge on any atom is -0.327 e. The summed E-state index contributed by atoms with van der Waals surface area (Å²) in [5.74, 6) is -0.0809. The van der Waals surface area contributed by atoms with Crippen LogP contribution in [0.1, 0.15) is 13.8 Å². The lowest BCUT2D eigenvalue weighted by Gasteiger charge is -1.99. The van der Waals surface area contributed by atoms with Crippen LogP contribution in [-0.2, 0) is 4.79 Å².